The van der Waals surface area contributed by atoms with Crippen LogP contribution in [-0.4, -0.2) is 35.2 Å². The van der Waals surface area contributed by atoms with Crippen LogP contribution in [0.5, 0.6) is 0 Å². The molecule has 0 aliphatic carbocycles. The Balaban J connectivity index is 1.69. The summed E-state index contributed by atoms with van der Waals surface area (Å²) >= 11 is 0. The minimum absolute atomic E-state index is 0.145. The van der Waals surface area contributed by atoms with E-state index in [1.165, 1.54) is 50.5 Å². The Morgan fingerprint density at radius 1 is 1.00 bits per heavy atom. The van der Waals surface area contributed by atoms with Gasteiger partial charge in [-0.3, -0.25) is 4.90 Å². The number of hydrogen-bond acceptors (Lipinski definition) is 2. The molecule has 2 rings (SSSR count). The number of nitrogens with zero attached hydrogens (tertiary/aromatic N) is 1. The molecule has 1 aliphatic heterocycles. The molecule has 23 heavy (non-hydrogen) atoms. The van der Waals surface area contributed by atoms with E-state index in [-0.39, 0.29) is 6.10 Å². The van der Waals surface area contributed by atoms with Gasteiger partial charge in [-0.05, 0) is 31.9 Å². The van der Waals surface area contributed by atoms with Crippen LogP contribution < -0.4 is 0 Å². The van der Waals surface area contributed by atoms with Crippen molar-refractivity contribution in [1.82, 2.24) is 4.90 Å². The van der Waals surface area contributed by atoms with Gasteiger partial charge >= 0.3 is 0 Å². The summed E-state index contributed by atoms with van der Waals surface area (Å²) in [6.07, 6.45) is 12.4. The fraction of sp³-hybridized carbons (Fsp3) is 0.714. The Morgan fingerprint density at radius 2 is 1.65 bits per heavy atom. The van der Waals surface area contributed by atoms with Crippen molar-refractivity contribution in [2.45, 2.75) is 89.3 Å². The summed E-state index contributed by atoms with van der Waals surface area (Å²) in [5.41, 5.74) is 1.38. The van der Waals surface area contributed by atoms with E-state index < -0.39 is 0 Å². The molecule has 0 amide bonds. The summed E-state index contributed by atoms with van der Waals surface area (Å²) in [4.78, 5) is 2.44. The third-order valence-electron chi connectivity index (χ3n) is 5.47. The summed E-state index contributed by atoms with van der Waals surface area (Å²) in [7, 11) is 2.20. The second-order valence-electron chi connectivity index (χ2n) is 7.29. The van der Waals surface area contributed by atoms with Gasteiger partial charge in [-0.25, -0.2) is 0 Å². The van der Waals surface area contributed by atoms with E-state index in [9.17, 15) is 5.11 Å². The molecule has 1 aromatic carbocycles. The summed E-state index contributed by atoms with van der Waals surface area (Å²) in [6.45, 7) is 2.27. The monoisotopic (exact) mass is 317 g/mol. The van der Waals surface area contributed by atoms with Crippen molar-refractivity contribution >= 4 is 0 Å². The molecule has 0 saturated carbocycles. The summed E-state index contributed by atoms with van der Waals surface area (Å²) < 4.78 is 0. The predicted octanol–water partition coefficient (Wildman–Crippen LogP) is 4.80. The van der Waals surface area contributed by atoms with E-state index in [0.717, 1.165) is 19.3 Å². The maximum Gasteiger partial charge on any atom is 0.0710 e. The van der Waals surface area contributed by atoms with Crippen molar-refractivity contribution in [3.8, 4) is 0 Å². The Kier molecular flexibility index (Phi) is 8.11. The Morgan fingerprint density at radius 3 is 2.35 bits per heavy atom. The van der Waals surface area contributed by atoms with Crippen LogP contribution in [0.3, 0.4) is 0 Å². The molecule has 1 aliphatic rings. The number of aliphatic hydroxyl groups is 1. The number of aliphatic hydroxyl groups excluding tert-OH is 1. The van der Waals surface area contributed by atoms with Gasteiger partial charge in [0.15, 0.2) is 0 Å². The van der Waals surface area contributed by atoms with Gasteiger partial charge in [0, 0.05) is 12.1 Å². The first-order chi connectivity index (χ1) is 11.2. The molecule has 130 valence electrons. The Bertz CT molecular complexity index is 419. The second kappa shape index (κ2) is 10.1. The Labute approximate surface area is 142 Å². The first kappa shape index (κ1) is 18.5. The zero-order valence-corrected chi connectivity index (χ0v) is 15.1. The van der Waals surface area contributed by atoms with Crippen LogP contribution in [-0.2, 0) is 6.42 Å². The highest BCUT2D eigenvalue weighted by atomic mass is 16.3. The van der Waals surface area contributed by atoms with Crippen LogP contribution in [0.15, 0.2) is 30.3 Å². The smallest absolute Gasteiger partial charge is 0.0710 e. The molecule has 0 aromatic heterocycles. The van der Waals surface area contributed by atoms with Crippen molar-refractivity contribution < 1.29 is 5.11 Å². The lowest BCUT2D eigenvalue weighted by atomic mass is 10.0. The third-order valence-corrected chi connectivity index (χ3v) is 5.47. The lowest BCUT2D eigenvalue weighted by molar-refractivity contribution is 0.116. The van der Waals surface area contributed by atoms with Gasteiger partial charge in [0.1, 0.15) is 0 Å². The lowest BCUT2D eigenvalue weighted by Gasteiger charge is -2.26. The van der Waals surface area contributed by atoms with Crippen LogP contribution in [0.25, 0.3) is 0 Å². The topological polar surface area (TPSA) is 23.5 Å². The van der Waals surface area contributed by atoms with E-state index in [2.05, 4.69) is 49.2 Å². The average Bonchev–Trinajstić information content (AvgIpc) is 2.82. The van der Waals surface area contributed by atoms with Crippen molar-refractivity contribution in [3.05, 3.63) is 35.9 Å². The third kappa shape index (κ3) is 5.93. The zero-order valence-electron chi connectivity index (χ0n) is 15.1. The van der Waals surface area contributed by atoms with Crippen molar-refractivity contribution in [2.75, 3.05) is 7.05 Å². The van der Waals surface area contributed by atoms with Crippen molar-refractivity contribution in [3.63, 3.8) is 0 Å². The minimum atomic E-state index is -0.145. The number of likely N-dealkylation sites (tertiary alicyclic amines) is 1. The predicted molar refractivity (Wildman–Crippen MR) is 98.7 cm³/mol. The summed E-state index contributed by atoms with van der Waals surface area (Å²) in [5, 5.41) is 10.4. The SMILES string of the molecule is CCCCCCCCCC1C(O)CC(Cc2ccccc2)N1C. The fourth-order valence-corrected chi connectivity index (χ4v) is 3.96. The molecule has 1 fully saturated rings. The van der Waals surface area contributed by atoms with Crippen LogP contribution in [0.4, 0.5) is 0 Å². The average molecular weight is 318 g/mol. The largest absolute Gasteiger partial charge is 0.391 e. The molecule has 2 heteroatoms. The molecule has 0 bridgehead atoms. The quantitative estimate of drug-likeness (QED) is 0.626. The summed E-state index contributed by atoms with van der Waals surface area (Å²) in [5.74, 6) is 0. The number of likely N-dealkylation sites (N-methyl/N-ethyl adjacent to an activating group) is 1. The second-order valence-corrected chi connectivity index (χ2v) is 7.29. The molecular weight excluding hydrogens is 282 g/mol. The molecule has 0 spiro atoms. The fourth-order valence-electron chi connectivity index (χ4n) is 3.96. The summed E-state index contributed by atoms with van der Waals surface area (Å²) in [6, 6.07) is 11.5. The van der Waals surface area contributed by atoms with E-state index in [1.54, 1.807) is 0 Å². The molecule has 1 aromatic rings. The number of benzene rings is 1. The van der Waals surface area contributed by atoms with Gasteiger partial charge < -0.3 is 5.11 Å². The van der Waals surface area contributed by atoms with Crippen LogP contribution in [0.2, 0.25) is 0 Å². The molecule has 2 nitrogen and oxygen atoms in total. The molecule has 1 N–H and O–H groups in total. The van der Waals surface area contributed by atoms with Gasteiger partial charge in [0.05, 0.1) is 6.10 Å². The van der Waals surface area contributed by atoms with Gasteiger partial charge in [-0.1, -0.05) is 82.2 Å². The first-order valence-electron chi connectivity index (χ1n) is 9.66. The van der Waals surface area contributed by atoms with Gasteiger partial charge in [-0.2, -0.15) is 0 Å². The zero-order chi connectivity index (χ0) is 16.5. The highest BCUT2D eigenvalue weighted by Gasteiger charge is 2.37. The van der Waals surface area contributed by atoms with E-state index in [0.29, 0.717) is 12.1 Å². The van der Waals surface area contributed by atoms with Crippen molar-refractivity contribution in [2.24, 2.45) is 0 Å². The molecule has 3 unspecified atom stereocenters. The highest BCUT2D eigenvalue weighted by molar-refractivity contribution is 5.16. The number of hydrogen-bond donors (Lipinski definition) is 1. The first-order valence-corrected chi connectivity index (χ1v) is 9.66. The van der Waals surface area contributed by atoms with Crippen LogP contribution in [0.1, 0.15) is 70.3 Å². The van der Waals surface area contributed by atoms with E-state index >= 15 is 0 Å². The van der Waals surface area contributed by atoms with Gasteiger partial charge in [-0.15, -0.1) is 0 Å². The maximum absolute atomic E-state index is 10.4. The van der Waals surface area contributed by atoms with Crippen LogP contribution >= 0.6 is 0 Å². The van der Waals surface area contributed by atoms with E-state index in [4.69, 9.17) is 0 Å². The van der Waals surface area contributed by atoms with Crippen LogP contribution in [0, 0.1) is 0 Å². The lowest BCUT2D eigenvalue weighted by Crippen LogP contribution is -2.36. The number of unbranched alkanes of at least 4 members (excludes halogenated alkanes) is 6. The Hall–Kier alpha value is -0.860. The molecule has 1 heterocycles. The number of rotatable bonds is 10. The van der Waals surface area contributed by atoms with E-state index in [1.807, 2.05) is 0 Å². The standard InChI is InChI=1S/C21H35NO/c1-3-4-5-6-7-8-12-15-20-21(23)17-19(22(20)2)16-18-13-10-9-11-14-18/h9-11,13-14,19-21,23H,3-8,12,15-17H2,1-2H3. The normalized spacial score (nSPS) is 25.1. The maximum atomic E-state index is 10.4. The minimum Gasteiger partial charge on any atom is -0.391 e. The molecular formula is C21H35NO. The van der Waals surface area contributed by atoms with Crippen molar-refractivity contribution in [1.29, 1.82) is 0 Å². The highest BCUT2D eigenvalue weighted by Crippen LogP contribution is 2.29. The van der Waals surface area contributed by atoms with Gasteiger partial charge in [0.2, 0.25) is 0 Å². The molecule has 0 radical (unpaired) electrons. The molecule has 1 saturated heterocycles. The van der Waals surface area contributed by atoms with Gasteiger partial charge in [0.25, 0.3) is 0 Å². The molecule has 3 atom stereocenters.